The number of imidazole rings is 1. The molecule has 0 unspecified atom stereocenters. The van der Waals surface area contributed by atoms with Crippen molar-refractivity contribution in [2.45, 2.75) is 38.5 Å². The summed E-state index contributed by atoms with van der Waals surface area (Å²) in [6, 6.07) is 7.94. The van der Waals surface area contributed by atoms with Gasteiger partial charge in [0.25, 0.3) is 0 Å². The number of rotatable bonds is 5. The third-order valence-electron chi connectivity index (χ3n) is 6.77. The molecule has 2 aliphatic rings. The molecule has 1 aliphatic carbocycles. The summed E-state index contributed by atoms with van der Waals surface area (Å²) in [5, 5.41) is 9.55. The molecule has 0 amide bonds. The molecule has 4 atom stereocenters. The molecule has 1 aliphatic heterocycles. The number of aromatic nitrogens is 5. The van der Waals surface area contributed by atoms with Crippen LogP contribution in [-0.2, 0) is 11.3 Å². The van der Waals surface area contributed by atoms with Crippen LogP contribution >= 0.6 is 11.6 Å². The molecule has 3 heterocycles. The number of nitrogens with one attached hydrogen (secondary N) is 1. The normalized spacial score (nSPS) is 26.8. The summed E-state index contributed by atoms with van der Waals surface area (Å²) in [6.45, 7) is 5.19. The van der Waals surface area contributed by atoms with Crippen LogP contribution in [0.15, 0.2) is 36.8 Å². The number of halogens is 1. The van der Waals surface area contributed by atoms with E-state index >= 15 is 0 Å². The predicted octanol–water partition coefficient (Wildman–Crippen LogP) is 3.73. The van der Waals surface area contributed by atoms with Gasteiger partial charge in [0.05, 0.1) is 35.4 Å². The third-order valence-corrected chi connectivity index (χ3v) is 7.10. The maximum atomic E-state index is 6.35. The van der Waals surface area contributed by atoms with E-state index in [1.165, 1.54) is 0 Å². The summed E-state index contributed by atoms with van der Waals surface area (Å²) in [7, 11) is 1.81. The molecule has 5 rings (SSSR count). The fraction of sp³-hybridized carbons (Fsp3) is 0.500. The number of hydrogen-bond acceptors (Lipinski definition) is 5. The minimum absolute atomic E-state index is 0.138. The van der Waals surface area contributed by atoms with E-state index in [-0.39, 0.29) is 12.1 Å². The van der Waals surface area contributed by atoms with E-state index in [9.17, 15) is 0 Å². The summed E-state index contributed by atoms with van der Waals surface area (Å²) in [5.41, 5.74) is 4.02. The molecule has 0 spiro atoms. The van der Waals surface area contributed by atoms with Gasteiger partial charge in [0.1, 0.15) is 5.69 Å². The molecule has 2 fully saturated rings. The zero-order chi connectivity index (χ0) is 20.7. The number of fused-ring (bicyclic) bond motifs is 1. The van der Waals surface area contributed by atoms with Gasteiger partial charge in [-0.1, -0.05) is 35.0 Å². The predicted molar refractivity (Wildman–Crippen MR) is 115 cm³/mol. The molecule has 30 heavy (non-hydrogen) atoms. The Morgan fingerprint density at radius 3 is 2.73 bits per heavy atom. The van der Waals surface area contributed by atoms with E-state index in [2.05, 4.69) is 32.1 Å². The minimum Gasteiger partial charge on any atom is -0.379 e. The van der Waals surface area contributed by atoms with Gasteiger partial charge in [0.2, 0.25) is 0 Å². The molecular formula is C22H27ClN6O. The van der Waals surface area contributed by atoms with Crippen LogP contribution in [0.4, 0.5) is 0 Å². The van der Waals surface area contributed by atoms with Crippen molar-refractivity contribution in [3.05, 3.63) is 53.2 Å². The lowest BCUT2D eigenvalue weighted by Gasteiger charge is -2.37. The Bertz CT molecular complexity index is 1020. The Morgan fingerprint density at radius 2 is 2.00 bits per heavy atom. The van der Waals surface area contributed by atoms with Gasteiger partial charge >= 0.3 is 0 Å². The lowest BCUT2D eigenvalue weighted by atomic mass is 9.77. The highest BCUT2D eigenvalue weighted by atomic mass is 35.5. The van der Waals surface area contributed by atoms with Crippen LogP contribution in [0.5, 0.6) is 0 Å². The smallest absolute Gasteiger partial charge is 0.114 e. The van der Waals surface area contributed by atoms with E-state index in [0.717, 1.165) is 55.1 Å². The van der Waals surface area contributed by atoms with Crippen LogP contribution in [0.25, 0.3) is 11.3 Å². The second-order valence-corrected chi connectivity index (χ2v) is 8.97. The number of benzene rings is 1. The van der Waals surface area contributed by atoms with E-state index < -0.39 is 0 Å². The van der Waals surface area contributed by atoms with Crippen molar-refractivity contribution in [2.24, 2.45) is 11.8 Å². The summed E-state index contributed by atoms with van der Waals surface area (Å²) < 4.78 is 7.90. The number of hydrogen-bond donors (Lipinski definition) is 1. The second kappa shape index (κ2) is 8.13. The monoisotopic (exact) mass is 426 g/mol. The highest BCUT2D eigenvalue weighted by Crippen LogP contribution is 2.42. The largest absolute Gasteiger partial charge is 0.379 e. The zero-order valence-corrected chi connectivity index (χ0v) is 18.1. The first-order valence-electron chi connectivity index (χ1n) is 10.5. The van der Waals surface area contributed by atoms with Crippen molar-refractivity contribution in [3.8, 4) is 11.3 Å². The molecular weight excluding hydrogens is 400 g/mol. The zero-order valence-electron chi connectivity index (χ0n) is 17.3. The molecule has 2 aromatic heterocycles. The molecule has 0 bridgehead atoms. The van der Waals surface area contributed by atoms with Gasteiger partial charge < -0.3 is 9.72 Å². The van der Waals surface area contributed by atoms with E-state index in [1.54, 1.807) is 6.33 Å². The molecule has 8 heteroatoms. The molecule has 0 radical (unpaired) electrons. The van der Waals surface area contributed by atoms with Crippen molar-refractivity contribution in [1.82, 2.24) is 29.9 Å². The Kier molecular flexibility index (Phi) is 5.35. The van der Waals surface area contributed by atoms with Crippen molar-refractivity contribution in [3.63, 3.8) is 0 Å². The Labute approximate surface area is 181 Å². The van der Waals surface area contributed by atoms with Gasteiger partial charge in [0, 0.05) is 38.0 Å². The first-order valence-corrected chi connectivity index (χ1v) is 10.9. The first-order chi connectivity index (χ1) is 14.6. The Hall–Kier alpha value is -2.22. The summed E-state index contributed by atoms with van der Waals surface area (Å²) in [6.07, 6.45) is 6.02. The average molecular weight is 427 g/mol. The molecule has 3 aromatic rings. The van der Waals surface area contributed by atoms with Crippen molar-refractivity contribution in [2.75, 3.05) is 20.2 Å². The van der Waals surface area contributed by atoms with Gasteiger partial charge in [-0.15, -0.1) is 5.10 Å². The van der Waals surface area contributed by atoms with Crippen molar-refractivity contribution in [1.29, 1.82) is 0 Å². The number of H-pyrrole nitrogens is 1. The number of methoxy groups -OCH3 is 1. The average Bonchev–Trinajstić information content (AvgIpc) is 3.47. The van der Waals surface area contributed by atoms with Crippen molar-refractivity contribution < 1.29 is 4.74 Å². The lowest BCUT2D eigenvalue weighted by Crippen LogP contribution is -2.37. The number of nitrogens with zero attached hydrogens (tertiary/aromatic N) is 5. The fourth-order valence-electron chi connectivity index (χ4n) is 5.14. The summed E-state index contributed by atoms with van der Waals surface area (Å²) >= 11 is 6.35. The van der Waals surface area contributed by atoms with Crippen LogP contribution < -0.4 is 0 Å². The van der Waals surface area contributed by atoms with Crippen LogP contribution in [0.3, 0.4) is 0 Å². The highest BCUT2D eigenvalue weighted by molar-refractivity contribution is 6.33. The molecule has 1 N–H and O–H groups in total. The van der Waals surface area contributed by atoms with Gasteiger partial charge in [-0.05, 0) is 37.7 Å². The molecule has 1 saturated carbocycles. The molecule has 1 aromatic carbocycles. The number of likely N-dealkylation sites (tertiary alicyclic amines) is 1. The lowest BCUT2D eigenvalue weighted by molar-refractivity contribution is -0.00545. The van der Waals surface area contributed by atoms with Gasteiger partial charge in [-0.3, -0.25) is 4.90 Å². The maximum Gasteiger partial charge on any atom is 0.114 e. The molecule has 158 valence electrons. The van der Waals surface area contributed by atoms with E-state index in [4.69, 9.17) is 16.3 Å². The standard InChI is InChI=1S/C22H27ClN6O/c1-14-19(25-13-24-14)11-28-9-15-7-21(22(30-2)8-16(15)10-28)29-12-20(26-27-29)17-5-3-4-6-18(17)23/h3-6,12-13,15-16,21-22H,7-11H2,1-2H3,(H,24,25)/t15-,16+,21-,22-/m1/s1. The van der Waals surface area contributed by atoms with Crippen LogP contribution in [0.1, 0.15) is 30.3 Å². The van der Waals surface area contributed by atoms with Crippen LogP contribution in [-0.4, -0.2) is 56.2 Å². The quantitative estimate of drug-likeness (QED) is 0.673. The Morgan fingerprint density at radius 1 is 1.20 bits per heavy atom. The number of aryl methyl sites for hydroxylation is 1. The fourth-order valence-corrected chi connectivity index (χ4v) is 5.37. The number of ether oxygens (including phenoxy) is 1. The number of aromatic amines is 1. The van der Waals surface area contributed by atoms with Gasteiger partial charge in [-0.25, -0.2) is 9.67 Å². The van der Waals surface area contributed by atoms with Gasteiger partial charge in [-0.2, -0.15) is 0 Å². The maximum absolute atomic E-state index is 6.35. The van der Waals surface area contributed by atoms with Crippen molar-refractivity contribution >= 4 is 11.6 Å². The van der Waals surface area contributed by atoms with E-state index in [1.807, 2.05) is 42.3 Å². The summed E-state index contributed by atoms with van der Waals surface area (Å²) in [5.74, 6) is 1.28. The first kappa shape index (κ1) is 19.7. The minimum atomic E-state index is 0.138. The van der Waals surface area contributed by atoms with Gasteiger partial charge in [0.15, 0.2) is 0 Å². The third kappa shape index (κ3) is 3.66. The molecule has 1 saturated heterocycles. The van der Waals surface area contributed by atoms with Crippen LogP contribution in [0, 0.1) is 18.8 Å². The topological polar surface area (TPSA) is 71.9 Å². The van der Waals surface area contributed by atoms with E-state index in [0.29, 0.717) is 16.9 Å². The Balaban J connectivity index is 1.32. The molecule has 7 nitrogen and oxygen atoms in total. The summed E-state index contributed by atoms with van der Waals surface area (Å²) in [4.78, 5) is 10.2. The SMILES string of the molecule is CO[C@@H]1C[C@H]2CN(Cc3nc[nH]c3C)C[C@H]2C[C@H]1n1cc(-c2ccccc2Cl)nn1. The highest BCUT2D eigenvalue weighted by Gasteiger charge is 2.43. The second-order valence-electron chi connectivity index (χ2n) is 8.57. The van der Waals surface area contributed by atoms with Crippen LogP contribution in [0.2, 0.25) is 5.02 Å².